The third-order valence-corrected chi connectivity index (χ3v) is 5.87. The second-order valence-electron chi connectivity index (χ2n) is 8.18. The molecule has 0 aliphatic heterocycles. The van der Waals surface area contributed by atoms with Gasteiger partial charge in [0, 0.05) is 34.8 Å². The number of nitrogens with zero attached hydrogens (tertiary/aromatic N) is 2. The number of carbonyl (C=O) groups is 1. The molecular weight excluding hydrogens is 551 g/mol. The lowest BCUT2D eigenvalue weighted by Gasteiger charge is -2.15. The molecule has 0 aliphatic rings. The van der Waals surface area contributed by atoms with Gasteiger partial charge in [-0.05, 0) is 30.3 Å². The lowest BCUT2D eigenvalue weighted by atomic mass is 10.1. The number of hydrogen-bond acceptors (Lipinski definition) is 7. The number of amides is 2. The van der Waals surface area contributed by atoms with E-state index in [-0.39, 0.29) is 5.69 Å². The SMILES string of the molecule is COc1cc(Nc2cncc(-c3ccc(NC(=O)Nc4ccc(Cl)c(C(F)(F)F)c4)cc3)n2)cc(OC)c1OC. The van der Waals surface area contributed by atoms with E-state index >= 15 is 0 Å². The summed E-state index contributed by atoms with van der Waals surface area (Å²) in [5.41, 5.74) is 1.20. The number of urea groups is 1. The predicted octanol–water partition coefficient (Wildman–Crippen LogP) is 7.23. The molecule has 0 atom stereocenters. The Labute approximate surface area is 232 Å². The molecule has 4 rings (SSSR count). The number of ether oxygens (including phenoxy) is 3. The first kappa shape index (κ1) is 28.3. The topological polar surface area (TPSA) is 107 Å². The average Bonchev–Trinajstić information content (AvgIpc) is 2.93. The molecule has 13 heteroatoms. The van der Waals surface area contributed by atoms with Crippen molar-refractivity contribution in [3.8, 4) is 28.5 Å². The van der Waals surface area contributed by atoms with E-state index in [0.29, 0.717) is 45.7 Å². The third kappa shape index (κ3) is 6.64. The quantitative estimate of drug-likeness (QED) is 0.204. The van der Waals surface area contributed by atoms with Gasteiger partial charge in [-0.25, -0.2) is 9.78 Å². The Morgan fingerprint density at radius 1 is 0.825 bits per heavy atom. The van der Waals surface area contributed by atoms with E-state index in [2.05, 4.69) is 25.9 Å². The van der Waals surface area contributed by atoms with Crippen LogP contribution < -0.4 is 30.2 Å². The van der Waals surface area contributed by atoms with Crippen molar-refractivity contribution in [3.05, 3.63) is 77.6 Å². The Hall–Kier alpha value is -4.71. The Balaban J connectivity index is 1.45. The smallest absolute Gasteiger partial charge is 0.417 e. The minimum absolute atomic E-state index is 0.0578. The van der Waals surface area contributed by atoms with Crippen molar-refractivity contribution >= 4 is 40.5 Å². The van der Waals surface area contributed by atoms with E-state index < -0.39 is 22.8 Å². The predicted molar refractivity (Wildman–Crippen MR) is 146 cm³/mol. The summed E-state index contributed by atoms with van der Waals surface area (Å²) in [5.74, 6) is 1.85. The van der Waals surface area contributed by atoms with Gasteiger partial charge in [0.05, 0.1) is 50.0 Å². The number of halogens is 4. The van der Waals surface area contributed by atoms with E-state index in [1.807, 2.05) is 0 Å². The van der Waals surface area contributed by atoms with Crippen LogP contribution in [0.2, 0.25) is 5.02 Å². The fourth-order valence-corrected chi connectivity index (χ4v) is 3.93. The Kier molecular flexibility index (Phi) is 8.49. The maximum absolute atomic E-state index is 13.1. The van der Waals surface area contributed by atoms with Crippen molar-refractivity contribution in [1.29, 1.82) is 0 Å². The second-order valence-corrected chi connectivity index (χ2v) is 8.58. The van der Waals surface area contributed by atoms with Crippen LogP contribution in [0.5, 0.6) is 17.2 Å². The van der Waals surface area contributed by atoms with Crippen molar-refractivity contribution in [2.45, 2.75) is 6.18 Å². The van der Waals surface area contributed by atoms with Crippen LogP contribution in [0, 0.1) is 0 Å². The highest BCUT2D eigenvalue weighted by molar-refractivity contribution is 6.31. The van der Waals surface area contributed by atoms with Crippen molar-refractivity contribution in [2.24, 2.45) is 0 Å². The molecule has 1 aromatic heterocycles. The zero-order valence-corrected chi connectivity index (χ0v) is 22.1. The first-order chi connectivity index (χ1) is 19.1. The van der Waals surface area contributed by atoms with Crippen LogP contribution in [0.3, 0.4) is 0 Å². The zero-order chi connectivity index (χ0) is 28.9. The maximum atomic E-state index is 13.1. The second kappa shape index (κ2) is 12.0. The van der Waals surface area contributed by atoms with Crippen molar-refractivity contribution in [3.63, 3.8) is 0 Å². The molecule has 40 heavy (non-hydrogen) atoms. The maximum Gasteiger partial charge on any atom is 0.417 e. The number of benzene rings is 3. The van der Waals surface area contributed by atoms with E-state index in [9.17, 15) is 18.0 Å². The molecule has 1 heterocycles. The van der Waals surface area contributed by atoms with E-state index in [1.54, 1.807) is 48.8 Å². The van der Waals surface area contributed by atoms with Crippen LogP contribution >= 0.6 is 11.6 Å². The molecule has 208 valence electrons. The summed E-state index contributed by atoms with van der Waals surface area (Å²) in [6.07, 6.45) is -1.52. The van der Waals surface area contributed by atoms with Crippen molar-refractivity contribution in [2.75, 3.05) is 37.3 Å². The Bertz CT molecular complexity index is 1490. The highest BCUT2D eigenvalue weighted by Gasteiger charge is 2.33. The first-order valence-corrected chi connectivity index (χ1v) is 11.9. The largest absolute Gasteiger partial charge is 0.493 e. The first-order valence-electron chi connectivity index (χ1n) is 11.6. The molecule has 0 spiro atoms. The molecule has 0 bridgehead atoms. The summed E-state index contributed by atoms with van der Waals surface area (Å²) in [5, 5.41) is 7.64. The van der Waals surface area contributed by atoms with E-state index in [1.165, 1.54) is 27.4 Å². The number of anilines is 4. The van der Waals surface area contributed by atoms with Gasteiger partial charge in [-0.1, -0.05) is 23.7 Å². The molecular formula is C27H23ClF3N5O4. The van der Waals surface area contributed by atoms with Crippen molar-refractivity contribution in [1.82, 2.24) is 9.97 Å². The number of rotatable bonds is 8. The van der Waals surface area contributed by atoms with Crippen LogP contribution in [-0.4, -0.2) is 37.3 Å². The molecule has 0 radical (unpaired) electrons. The Morgan fingerprint density at radius 3 is 2.05 bits per heavy atom. The van der Waals surface area contributed by atoms with E-state index in [4.69, 9.17) is 25.8 Å². The van der Waals surface area contributed by atoms with Crippen LogP contribution in [0.15, 0.2) is 67.0 Å². The average molecular weight is 574 g/mol. The lowest BCUT2D eigenvalue weighted by Crippen LogP contribution is -2.19. The Morgan fingerprint density at radius 2 is 1.45 bits per heavy atom. The van der Waals surface area contributed by atoms with Gasteiger partial charge in [0.1, 0.15) is 5.82 Å². The summed E-state index contributed by atoms with van der Waals surface area (Å²) < 4.78 is 55.3. The lowest BCUT2D eigenvalue weighted by molar-refractivity contribution is -0.137. The fraction of sp³-hybridized carbons (Fsp3) is 0.148. The van der Waals surface area contributed by atoms with Gasteiger partial charge in [0.25, 0.3) is 0 Å². The summed E-state index contributed by atoms with van der Waals surface area (Å²) >= 11 is 5.62. The minimum Gasteiger partial charge on any atom is -0.493 e. The summed E-state index contributed by atoms with van der Waals surface area (Å²) in [7, 11) is 4.55. The molecule has 0 saturated carbocycles. The van der Waals surface area contributed by atoms with Crippen LogP contribution in [0.25, 0.3) is 11.3 Å². The molecule has 9 nitrogen and oxygen atoms in total. The molecule has 3 aromatic carbocycles. The number of nitrogens with one attached hydrogen (secondary N) is 3. The molecule has 0 fully saturated rings. The van der Waals surface area contributed by atoms with Crippen molar-refractivity contribution < 1.29 is 32.2 Å². The number of aromatic nitrogens is 2. The van der Waals surface area contributed by atoms with Crippen LogP contribution in [0.4, 0.5) is 40.8 Å². The standard InChI is InChI=1S/C27H23ClF3N5O4/c1-38-22-11-18(12-23(39-2)25(22)40-3)33-24-14-32-13-21(36-24)15-4-6-16(7-5-15)34-26(37)35-17-8-9-20(28)19(10-17)27(29,30)31/h4-14H,1-3H3,(H,33,36)(H2,34,35,37). The van der Waals surface area contributed by atoms with Gasteiger partial charge >= 0.3 is 12.2 Å². The molecule has 4 aromatic rings. The van der Waals surface area contributed by atoms with Gasteiger partial charge in [-0.2, -0.15) is 13.2 Å². The van der Waals surface area contributed by atoms with Gasteiger partial charge in [-0.15, -0.1) is 0 Å². The monoisotopic (exact) mass is 573 g/mol. The summed E-state index contributed by atoms with van der Waals surface area (Å²) in [4.78, 5) is 21.2. The molecule has 0 aliphatic carbocycles. The molecule has 0 saturated heterocycles. The zero-order valence-electron chi connectivity index (χ0n) is 21.4. The summed E-state index contributed by atoms with van der Waals surface area (Å²) in [6.45, 7) is 0. The van der Waals surface area contributed by atoms with Crippen LogP contribution in [0.1, 0.15) is 5.56 Å². The van der Waals surface area contributed by atoms with Gasteiger partial charge in [0.15, 0.2) is 11.5 Å². The molecule has 0 unspecified atom stereocenters. The van der Waals surface area contributed by atoms with Gasteiger partial charge < -0.3 is 30.2 Å². The minimum atomic E-state index is -4.65. The fourth-order valence-electron chi connectivity index (χ4n) is 3.70. The number of alkyl halides is 3. The summed E-state index contributed by atoms with van der Waals surface area (Å²) in [6, 6.07) is 12.5. The number of carbonyl (C=O) groups excluding carboxylic acids is 1. The molecule has 3 N–H and O–H groups in total. The number of hydrogen-bond donors (Lipinski definition) is 3. The highest BCUT2D eigenvalue weighted by atomic mass is 35.5. The molecule has 2 amide bonds. The highest BCUT2D eigenvalue weighted by Crippen LogP contribution is 2.40. The third-order valence-electron chi connectivity index (χ3n) is 5.54. The number of methoxy groups -OCH3 is 3. The van der Waals surface area contributed by atoms with Crippen LogP contribution in [-0.2, 0) is 6.18 Å². The van der Waals surface area contributed by atoms with E-state index in [0.717, 1.165) is 12.1 Å². The normalized spacial score (nSPS) is 11.0. The van der Waals surface area contributed by atoms with Gasteiger partial charge in [-0.3, -0.25) is 4.98 Å². The van der Waals surface area contributed by atoms with Gasteiger partial charge in [0.2, 0.25) is 5.75 Å².